The molecule has 8 heavy (non-hydrogen) atoms. The van der Waals surface area contributed by atoms with Crippen LogP contribution in [-0.4, -0.2) is 28.3 Å². The second-order valence-electron chi connectivity index (χ2n) is 1.41. The van der Waals surface area contributed by atoms with Crippen LogP contribution in [0.1, 0.15) is 6.92 Å². The van der Waals surface area contributed by atoms with Crippen LogP contribution in [0.4, 0.5) is 0 Å². The molecule has 0 radical (unpaired) electrons. The molecule has 0 rings (SSSR count). The molecule has 0 atom stereocenters. The van der Waals surface area contributed by atoms with E-state index in [0.717, 1.165) is 0 Å². The van der Waals surface area contributed by atoms with Crippen LogP contribution in [0.25, 0.3) is 0 Å². The summed E-state index contributed by atoms with van der Waals surface area (Å²) < 4.78 is 27.2. The number of rotatable bonds is 1. The predicted octanol–water partition coefficient (Wildman–Crippen LogP) is -1.47. The zero-order chi connectivity index (χ0) is 7.00. The van der Waals surface area contributed by atoms with Crippen molar-refractivity contribution in [2.75, 3.05) is 0 Å². The smallest absolute Gasteiger partial charge is 0.321 e. The molecule has 0 saturated heterocycles. The number of aliphatic hydroxyl groups is 2. The third-order valence-corrected chi connectivity index (χ3v) is 1.47. The van der Waals surface area contributed by atoms with Gasteiger partial charge >= 0.3 is 10.1 Å². The fourth-order valence-electron chi connectivity index (χ4n) is 0. The SMILES string of the molecule is CC(O)(O)S(=O)(=O)O. The average molecular weight is 142 g/mol. The summed E-state index contributed by atoms with van der Waals surface area (Å²) in [5.41, 5.74) is 0. The van der Waals surface area contributed by atoms with Gasteiger partial charge in [0.2, 0.25) is 0 Å². The van der Waals surface area contributed by atoms with Crippen molar-refractivity contribution in [2.45, 2.75) is 12.0 Å². The second kappa shape index (κ2) is 1.66. The standard InChI is InChI=1S/C2H6O5S/c1-2(3,4)8(5,6)7/h3-4H,1H3,(H,5,6,7). The summed E-state index contributed by atoms with van der Waals surface area (Å²) in [6.07, 6.45) is 0. The Hall–Kier alpha value is -0.170. The van der Waals surface area contributed by atoms with Gasteiger partial charge < -0.3 is 10.2 Å². The van der Waals surface area contributed by atoms with Crippen LogP contribution in [0.5, 0.6) is 0 Å². The molecule has 0 aliphatic carbocycles. The van der Waals surface area contributed by atoms with Crippen LogP contribution in [0, 0.1) is 0 Å². The van der Waals surface area contributed by atoms with E-state index in [-0.39, 0.29) is 0 Å². The second-order valence-corrected chi connectivity index (χ2v) is 3.13. The predicted molar refractivity (Wildman–Crippen MR) is 24.4 cm³/mol. The van der Waals surface area contributed by atoms with Crippen molar-refractivity contribution in [3.8, 4) is 0 Å². The van der Waals surface area contributed by atoms with E-state index in [1.165, 1.54) is 0 Å². The molecule has 0 amide bonds. The average Bonchev–Trinajstić information content (AvgIpc) is 1.25. The van der Waals surface area contributed by atoms with Gasteiger partial charge in [0.15, 0.2) is 0 Å². The molecule has 0 aliphatic rings. The molecule has 0 saturated carbocycles. The first kappa shape index (κ1) is 7.83. The van der Waals surface area contributed by atoms with Crippen molar-refractivity contribution in [3.05, 3.63) is 0 Å². The first-order valence-corrected chi connectivity index (χ1v) is 3.11. The molecule has 3 N–H and O–H groups in total. The Bertz CT molecular complexity index is 159. The Labute approximate surface area is 46.3 Å². The van der Waals surface area contributed by atoms with E-state index in [4.69, 9.17) is 14.8 Å². The maximum absolute atomic E-state index is 9.71. The third kappa shape index (κ3) is 1.74. The molecule has 5 nitrogen and oxygen atoms in total. The van der Waals surface area contributed by atoms with Crippen molar-refractivity contribution >= 4 is 10.1 Å². The molecule has 6 heteroatoms. The number of hydrogen-bond donors (Lipinski definition) is 3. The van der Waals surface area contributed by atoms with Gasteiger partial charge in [-0.3, -0.25) is 4.55 Å². The molecule has 0 heterocycles. The van der Waals surface area contributed by atoms with E-state index in [1.54, 1.807) is 0 Å². The van der Waals surface area contributed by atoms with Crippen LogP contribution in [0.15, 0.2) is 0 Å². The molecule has 0 fully saturated rings. The van der Waals surface area contributed by atoms with Crippen LogP contribution < -0.4 is 0 Å². The molecular weight excluding hydrogens is 136 g/mol. The monoisotopic (exact) mass is 142 g/mol. The van der Waals surface area contributed by atoms with Gasteiger partial charge in [0.25, 0.3) is 5.12 Å². The lowest BCUT2D eigenvalue weighted by Gasteiger charge is -2.09. The van der Waals surface area contributed by atoms with Crippen molar-refractivity contribution < 1.29 is 23.2 Å². The lowest BCUT2D eigenvalue weighted by molar-refractivity contribution is -0.0743. The van der Waals surface area contributed by atoms with Gasteiger partial charge in [-0.25, -0.2) is 0 Å². The Morgan fingerprint density at radius 1 is 1.38 bits per heavy atom. The van der Waals surface area contributed by atoms with E-state index >= 15 is 0 Å². The molecule has 0 bridgehead atoms. The summed E-state index contributed by atoms with van der Waals surface area (Å²) in [4.78, 5) is 0. The highest BCUT2D eigenvalue weighted by Crippen LogP contribution is 2.04. The van der Waals surface area contributed by atoms with Gasteiger partial charge in [-0.1, -0.05) is 0 Å². The minimum Gasteiger partial charge on any atom is -0.352 e. The topological polar surface area (TPSA) is 94.8 Å². The lowest BCUT2D eigenvalue weighted by Crippen LogP contribution is -2.33. The molecule has 0 aromatic carbocycles. The molecule has 0 aromatic heterocycles. The minimum atomic E-state index is -4.73. The van der Waals surface area contributed by atoms with E-state index in [9.17, 15) is 8.42 Å². The Balaban J connectivity index is 4.53. The van der Waals surface area contributed by atoms with Crippen molar-refractivity contribution in [3.63, 3.8) is 0 Å². The molecule has 50 valence electrons. The van der Waals surface area contributed by atoms with Gasteiger partial charge in [-0.2, -0.15) is 8.42 Å². The summed E-state index contributed by atoms with van der Waals surface area (Å²) in [6, 6.07) is 0. The summed E-state index contributed by atoms with van der Waals surface area (Å²) in [6.45, 7) is 0.544. The van der Waals surface area contributed by atoms with Crippen molar-refractivity contribution in [1.29, 1.82) is 0 Å². The summed E-state index contributed by atoms with van der Waals surface area (Å²) in [7, 11) is -4.73. The van der Waals surface area contributed by atoms with E-state index in [1.807, 2.05) is 0 Å². The molecule has 0 aliphatic heterocycles. The highest BCUT2D eigenvalue weighted by Gasteiger charge is 2.31. The van der Waals surface area contributed by atoms with Crippen LogP contribution in [0.2, 0.25) is 0 Å². The van der Waals surface area contributed by atoms with E-state index < -0.39 is 15.2 Å². The normalized spacial score (nSPS) is 14.0. The maximum atomic E-state index is 9.71. The van der Waals surface area contributed by atoms with Gasteiger partial charge in [0, 0.05) is 6.92 Å². The summed E-state index contributed by atoms with van der Waals surface area (Å²) >= 11 is 0. The highest BCUT2D eigenvalue weighted by atomic mass is 32.2. The zero-order valence-electron chi connectivity index (χ0n) is 4.07. The lowest BCUT2D eigenvalue weighted by atomic mass is 10.8. The van der Waals surface area contributed by atoms with Crippen LogP contribution in [0.3, 0.4) is 0 Å². The molecule has 0 unspecified atom stereocenters. The van der Waals surface area contributed by atoms with Gasteiger partial charge in [-0.15, -0.1) is 0 Å². The first-order chi connectivity index (χ1) is 3.25. The fourth-order valence-corrected chi connectivity index (χ4v) is 0. The first-order valence-electron chi connectivity index (χ1n) is 1.67. The summed E-state index contributed by atoms with van der Waals surface area (Å²) in [5, 5.41) is 13.1. The van der Waals surface area contributed by atoms with Crippen molar-refractivity contribution in [2.24, 2.45) is 0 Å². The third-order valence-electron chi connectivity index (χ3n) is 0.489. The Morgan fingerprint density at radius 3 is 1.50 bits per heavy atom. The van der Waals surface area contributed by atoms with Crippen LogP contribution >= 0.6 is 0 Å². The van der Waals surface area contributed by atoms with Gasteiger partial charge in [0.05, 0.1) is 0 Å². The Kier molecular flexibility index (Phi) is 1.62. The maximum Gasteiger partial charge on any atom is 0.321 e. The fraction of sp³-hybridized carbons (Fsp3) is 1.00. The highest BCUT2D eigenvalue weighted by molar-refractivity contribution is 7.86. The molecular formula is C2H6O5S. The summed E-state index contributed by atoms with van der Waals surface area (Å²) in [5.74, 6) is 0. The van der Waals surface area contributed by atoms with Gasteiger partial charge in [0.1, 0.15) is 0 Å². The quantitative estimate of drug-likeness (QED) is 0.307. The molecule has 0 spiro atoms. The Morgan fingerprint density at radius 2 is 1.50 bits per heavy atom. The van der Waals surface area contributed by atoms with Crippen molar-refractivity contribution in [1.82, 2.24) is 0 Å². The van der Waals surface area contributed by atoms with Crippen LogP contribution in [-0.2, 0) is 10.1 Å². The molecule has 0 aromatic rings. The number of hydrogen-bond acceptors (Lipinski definition) is 4. The van der Waals surface area contributed by atoms with Gasteiger partial charge in [-0.05, 0) is 0 Å². The van der Waals surface area contributed by atoms with E-state index in [2.05, 4.69) is 0 Å². The largest absolute Gasteiger partial charge is 0.352 e. The zero-order valence-corrected chi connectivity index (χ0v) is 4.88. The minimum absolute atomic E-state index is 0.544. The van der Waals surface area contributed by atoms with E-state index in [0.29, 0.717) is 6.92 Å².